The molecule has 0 aromatic carbocycles. The van der Waals surface area contributed by atoms with Gasteiger partial charge in [-0.15, -0.1) is 0 Å². The zero-order chi connectivity index (χ0) is 15.0. The fraction of sp³-hybridized carbons (Fsp3) is 0.438. The van der Waals surface area contributed by atoms with Crippen molar-refractivity contribution in [1.82, 2.24) is 14.8 Å². The minimum Gasteiger partial charge on any atom is -0.348 e. The molecule has 21 heavy (non-hydrogen) atoms. The van der Waals surface area contributed by atoms with Crippen molar-refractivity contribution in [2.75, 3.05) is 11.4 Å². The maximum Gasteiger partial charge on any atom is 0.146 e. The quantitative estimate of drug-likeness (QED) is 0.849. The van der Waals surface area contributed by atoms with Gasteiger partial charge in [0.25, 0.3) is 0 Å². The van der Waals surface area contributed by atoms with Gasteiger partial charge in [0, 0.05) is 31.0 Å². The van der Waals surface area contributed by atoms with Crippen LogP contribution in [-0.2, 0) is 7.05 Å². The second-order valence-electron chi connectivity index (χ2n) is 5.55. The van der Waals surface area contributed by atoms with Crippen LogP contribution in [0.3, 0.4) is 0 Å². The molecule has 1 atom stereocenters. The van der Waals surface area contributed by atoms with Crippen molar-refractivity contribution in [1.29, 1.82) is 5.26 Å². The van der Waals surface area contributed by atoms with E-state index in [9.17, 15) is 5.26 Å². The number of anilines is 1. The van der Waals surface area contributed by atoms with Crippen LogP contribution >= 0.6 is 0 Å². The van der Waals surface area contributed by atoms with Gasteiger partial charge in [0.2, 0.25) is 0 Å². The molecule has 2 aromatic heterocycles. The Kier molecular flexibility index (Phi) is 3.38. The summed E-state index contributed by atoms with van der Waals surface area (Å²) in [6.45, 7) is 5.10. The van der Waals surface area contributed by atoms with E-state index in [4.69, 9.17) is 0 Å². The van der Waals surface area contributed by atoms with Crippen LogP contribution in [0.2, 0.25) is 0 Å². The molecule has 0 bridgehead atoms. The lowest BCUT2D eigenvalue weighted by atomic mass is 10.0. The molecule has 2 aromatic rings. The molecule has 108 valence electrons. The summed E-state index contributed by atoms with van der Waals surface area (Å²) in [5.41, 5.74) is 4.19. The molecule has 3 heterocycles. The first kappa shape index (κ1) is 13.6. The van der Waals surface area contributed by atoms with Crippen molar-refractivity contribution in [3.05, 3.63) is 40.8 Å². The van der Waals surface area contributed by atoms with Crippen molar-refractivity contribution >= 4 is 5.82 Å². The molecule has 0 spiro atoms. The highest BCUT2D eigenvalue weighted by atomic mass is 15.3. The Labute approximate surface area is 124 Å². The highest BCUT2D eigenvalue weighted by molar-refractivity contribution is 5.56. The van der Waals surface area contributed by atoms with Gasteiger partial charge >= 0.3 is 0 Å². The number of nitriles is 1. The predicted octanol–water partition coefficient (Wildman–Crippen LogP) is 2.65. The molecule has 0 amide bonds. The Morgan fingerprint density at radius 2 is 2.19 bits per heavy atom. The molecule has 5 nitrogen and oxygen atoms in total. The lowest BCUT2D eigenvalue weighted by molar-refractivity contribution is 0.693. The zero-order valence-electron chi connectivity index (χ0n) is 12.7. The molecule has 0 unspecified atom stereocenters. The van der Waals surface area contributed by atoms with Gasteiger partial charge in [-0.1, -0.05) is 0 Å². The average molecular weight is 281 g/mol. The normalized spacial score (nSPS) is 18.0. The van der Waals surface area contributed by atoms with Gasteiger partial charge in [-0.05, 0) is 38.8 Å². The average Bonchev–Trinajstić information content (AvgIpc) is 3.04. The summed E-state index contributed by atoms with van der Waals surface area (Å²) in [6, 6.07) is 6.17. The van der Waals surface area contributed by atoms with Crippen LogP contribution in [-0.4, -0.2) is 21.3 Å². The fourth-order valence-corrected chi connectivity index (χ4v) is 3.31. The standard InChI is InChI=1S/C16H19N5/c1-11-15(12(2)20(3)19-11)14-7-5-9-21(14)16-13(10-17)6-4-8-18-16/h4,6,8,14H,5,7,9H2,1-3H3/t14-/m0/s1. The van der Waals surface area contributed by atoms with E-state index >= 15 is 0 Å². The predicted molar refractivity (Wildman–Crippen MR) is 81.0 cm³/mol. The zero-order valence-corrected chi connectivity index (χ0v) is 12.7. The smallest absolute Gasteiger partial charge is 0.146 e. The Morgan fingerprint density at radius 1 is 1.38 bits per heavy atom. The third-order valence-corrected chi connectivity index (χ3v) is 4.33. The van der Waals surface area contributed by atoms with E-state index in [1.807, 2.05) is 23.9 Å². The maximum atomic E-state index is 9.32. The third kappa shape index (κ3) is 2.17. The second-order valence-corrected chi connectivity index (χ2v) is 5.55. The van der Waals surface area contributed by atoms with Crippen LogP contribution in [0.15, 0.2) is 18.3 Å². The first-order valence-electron chi connectivity index (χ1n) is 7.25. The van der Waals surface area contributed by atoms with E-state index in [2.05, 4.69) is 34.9 Å². The number of rotatable bonds is 2. The lowest BCUT2D eigenvalue weighted by Gasteiger charge is -2.27. The minimum atomic E-state index is 0.265. The first-order chi connectivity index (χ1) is 10.1. The number of pyridine rings is 1. The van der Waals surface area contributed by atoms with E-state index < -0.39 is 0 Å². The first-order valence-corrected chi connectivity index (χ1v) is 7.25. The topological polar surface area (TPSA) is 57.7 Å². The van der Waals surface area contributed by atoms with Crippen molar-refractivity contribution < 1.29 is 0 Å². The number of aromatic nitrogens is 3. The van der Waals surface area contributed by atoms with Gasteiger partial charge in [0.05, 0.1) is 17.3 Å². The van der Waals surface area contributed by atoms with Crippen molar-refractivity contribution in [2.24, 2.45) is 7.05 Å². The van der Waals surface area contributed by atoms with E-state index in [0.29, 0.717) is 5.56 Å². The van der Waals surface area contributed by atoms with Crippen molar-refractivity contribution in [3.8, 4) is 6.07 Å². The minimum absolute atomic E-state index is 0.265. The summed E-state index contributed by atoms with van der Waals surface area (Å²) in [5, 5.41) is 13.8. The van der Waals surface area contributed by atoms with Crippen molar-refractivity contribution in [3.63, 3.8) is 0 Å². The van der Waals surface area contributed by atoms with Crippen molar-refractivity contribution in [2.45, 2.75) is 32.7 Å². The Hall–Kier alpha value is -2.35. The van der Waals surface area contributed by atoms with Gasteiger partial charge in [-0.25, -0.2) is 4.98 Å². The maximum absolute atomic E-state index is 9.32. The van der Waals surface area contributed by atoms with Gasteiger partial charge in [-0.3, -0.25) is 4.68 Å². The van der Waals surface area contributed by atoms with E-state index in [0.717, 1.165) is 30.9 Å². The molecule has 1 fully saturated rings. The summed E-state index contributed by atoms with van der Waals surface area (Å²) >= 11 is 0. The van der Waals surface area contributed by atoms with Crippen LogP contribution in [0.4, 0.5) is 5.82 Å². The molecule has 1 saturated heterocycles. The summed E-state index contributed by atoms with van der Waals surface area (Å²) in [5.74, 6) is 0.796. The van der Waals surface area contributed by atoms with Crippen LogP contribution in [0.25, 0.3) is 0 Å². The molecule has 5 heteroatoms. The Bertz CT molecular complexity index is 710. The summed E-state index contributed by atoms with van der Waals surface area (Å²) < 4.78 is 1.94. The van der Waals surface area contributed by atoms with Gasteiger partial charge < -0.3 is 4.90 Å². The molecule has 1 aliphatic heterocycles. The summed E-state index contributed by atoms with van der Waals surface area (Å²) in [4.78, 5) is 6.71. The molecule has 3 rings (SSSR count). The largest absolute Gasteiger partial charge is 0.348 e. The number of aryl methyl sites for hydroxylation is 2. The highest BCUT2D eigenvalue weighted by Crippen LogP contribution is 2.38. The van der Waals surface area contributed by atoms with Gasteiger partial charge in [-0.2, -0.15) is 10.4 Å². The number of nitrogens with zero attached hydrogens (tertiary/aromatic N) is 5. The second kappa shape index (κ2) is 5.21. The Morgan fingerprint density at radius 3 is 2.86 bits per heavy atom. The Balaban J connectivity index is 2.06. The molecule has 1 aliphatic rings. The highest BCUT2D eigenvalue weighted by Gasteiger charge is 2.32. The van der Waals surface area contributed by atoms with Crippen LogP contribution in [0.1, 0.15) is 41.4 Å². The molecule has 0 radical (unpaired) electrons. The number of hydrogen-bond donors (Lipinski definition) is 0. The fourth-order valence-electron chi connectivity index (χ4n) is 3.31. The third-order valence-electron chi connectivity index (χ3n) is 4.33. The van der Waals surface area contributed by atoms with E-state index in [1.54, 1.807) is 6.20 Å². The van der Waals surface area contributed by atoms with Crippen LogP contribution in [0, 0.1) is 25.2 Å². The monoisotopic (exact) mass is 281 g/mol. The summed E-state index contributed by atoms with van der Waals surface area (Å²) in [6.07, 6.45) is 3.95. The molecule has 0 aliphatic carbocycles. The summed E-state index contributed by atoms with van der Waals surface area (Å²) in [7, 11) is 1.98. The molecule has 0 saturated carbocycles. The number of hydrogen-bond acceptors (Lipinski definition) is 4. The van der Waals surface area contributed by atoms with E-state index in [1.165, 1.54) is 11.3 Å². The molecular weight excluding hydrogens is 262 g/mol. The van der Waals surface area contributed by atoms with Gasteiger partial charge in [0.15, 0.2) is 0 Å². The van der Waals surface area contributed by atoms with Gasteiger partial charge in [0.1, 0.15) is 11.9 Å². The van der Waals surface area contributed by atoms with Crippen LogP contribution in [0.5, 0.6) is 0 Å². The van der Waals surface area contributed by atoms with E-state index in [-0.39, 0.29) is 6.04 Å². The lowest BCUT2D eigenvalue weighted by Crippen LogP contribution is -2.25. The SMILES string of the molecule is Cc1nn(C)c(C)c1[C@@H]1CCCN1c1ncccc1C#N. The molecular formula is C16H19N5. The molecule has 0 N–H and O–H groups in total. The van der Waals surface area contributed by atoms with Crippen LogP contribution < -0.4 is 4.90 Å².